The van der Waals surface area contributed by atoms with Gasteiger partial charge in [-0.1, -0.05) is 0 Å². The molecule has 0 radical (unpaired) electrons. The van der Waals surface area contributed by atoms with Crippen molar-refractivity contribution in [2.24, 2.45) is 5.73 Å². The molecule has 4 heteroatoms. The van der Waals surface area contributed by atoms with E-state index in [1.807, 2.05) is 0 Å². The van der Waals surface area contributed by atoms with E-state index < -0.39 is 11.6 Å². The molecule has 0 aliphatic heterocycles. The van der Waals surface area contributed by atoms with Crippen LogP contribution in [0.5, 0.6) is 0 Å². The van der Waals surface area contributed by atoms with E-state index in [0.717, 1.165) is 0 Å². The summed E-state index contributed by atoms with van der Waals surface area (Å²) in [5.74, 6) is 0. The van der Waals surface area contributed by atoms with Crippen molar-refractivity contribution < 1.29 is 10.2 Å². The third kappa shape index (κ3) is 4.66. The molecule has 0 aromatic carbocycles. The summed E-state index contributed by atoms with van der Waals surface area (Å²) in [5, 5.41) is 17.4. The van der Waals surface area contributed by atoms with Crippen molar-refractivity contribution in [1.29, 1.82) is 0 Å². The number of halogens is 1. The molecule has 0 aliphatic rings. The van der Waals surface area contributed by atoms with Crippen LogP contribution in [0.4, 0.5) is 0 Å². The summed E-state index contributed by atoms with van der Waals surface area (Å²) in [6.07, 6.45) is 0. The van der Waals surface area contributed by atoms with Gasteiger partial charge in [-0.25, -0.2) is 0 Å². The van der Waals surface area contributed by atoms with Crippen molar-refractivity contribution in [3.8, 4) is 0 Å². The quantitative estimate of drug-likeness (QED) is 0.504. The molecule has 0 saturated heterocycles. The van der Waals surface area contributed by atoms with E-state index in [9.17, 15) is 0 Å². The first kappa shape index (κ1) is 11.9. The summed E-state index contributed by atoms with van der Waals surface area (Å²) in [5.41, 5.74) is 4.29. The van der Waals surface area contributed by atoms with E-state index in [1.165, 1.54) is 0 Å². The molecule has 3 nitrogen and oxygen atoms in total. The minimum Gasteiger partial charge on any atom is -0.395 e. The van der Waals surface area contributed by atoms with Crippen LogP contribution in [0, 0.1) is 0 Å². The van der Waals surface area contributed by atoms with Crippen LogP contribution in [-0.4, -0.2) is 28.5 Å². The smallest absolute Gasteiger partial charge is 0.0764 e. The van der Waals surface area contributed by atoms with Gasteiger partial charge in [0.25, 0.3) is 0 Å². The van der Waals surface area contributed by atoms with Gasteiger partial charge in [0.15, 0.2) is 0 Å². The first-order valence-electron chi connectivity index (χ1n) is 2.57. The monoisotopic (exact) mass is 155 g/mol. The van der Waals surface area contributed by atoms with Gasteiger partial charge in [0, 0.05) is 0 Å². The van der Waals surface area contributed by atoms with Crippen LogP contribution in [0.15, 0.2) is 0 Å². The lowest BCUT2D eigenvalue weighted by Crippen LogP contribution is -2.45. The van der Waals surface area contributed by atoms with Crippen molar-refractivity contribution in [2.45, 2.75) is 25.5 Å². The summed E-state index contributed by atoms with van der Waals surface area (Å²) in [7, 11) is 0. The van der Waals surface area contributed by atoms with Crippen LogP contribution in [0.25, 0.3) is 0 Å². The molecule has 0 rings (SSSR count). The fourth-order valence-corrected chi connectivity index (χ4v) is 0.223. The van der Waals surface area contributed by atoms with E-state index in [1.54, 1.807) is 13.8 Å². The second kappa shape index (κ2) is 4.06. The van der Waals surface area contributed by atoms with Crippen LogP contribution in [-0.2, 0) is 0 Å². The highest BCUT2D eigenvalue weighted by atomic mass is 35.5. The second-order valence-electron chi connectivity index (χ2n) is 2.44. The minimum atomic E-state index is -0.964. The molecule has 58 valence electrons. The fraction of sp³-hybridized carbons (Fsp3) is 1.00. The fourth-order valence-electron chi connectivity index (χ4n) is 0.223. The Bertz CT molecular complexity index is 71.8. The Kier molecular flexibility index (Phi) is 5.37. The van der Waals surface area contributed by atoms with Gasteiger partial charge in [0.05, 0.1) is 18.2 Å². The normalized spacial score (nSPS) is 14.3. The third-order valence-electron chi connectivity index (χ3n) is 1.10. The van der Waals surface area contributed by atoms with Crippen molar-refractivity contribution in [3.05, 3.63) is 0 Å². The Morgan fingerprint density at radius 3 is 1.89 bits per heavy atom. The predicted molar refractivity (Wildman–Crippen MR) is 38.6 cm³/mol. The topological polar surface area (TPSA) is 66.5 Å². The summed E-state index contributed by atoms with van der Waals surface area (Å²) >= 11 is 0. The second-order valence-corrected chi connectivity index (χ2v) is 2.44. The van der Waals surface area contributed by atoms with Gasteiger partial charge in [-0.05, 0) is 13.8 Å². The molecule has 0 bridgehead atoms. The van der Waals surface area contributed by atoms with Crippen LogP contribution in [0.1, 0.15) is 13.8 Å². The highest BCUT2D eigenvalue weighted by Crippen LogP contribution is 2.03. The lowest BCUT2D eigenvalue weighted by Gasteiger charge is -2.22. The van der Waals surface area contributed by atoms with Crippen LogP contribution < -0.4 is 5.73 Å². The van der Waals surface area contributed by atoms with E-state index in [0.29, 0.717) is 0 Å². The standard InChI is InChI=1S/C5H13NO2.ClH/c1-5(2,8)4(6)3-7;/h4,7-8H,3,6H2,1-2H3;1H. The average molecular weight is 156 g/mol. The Balaban J connectivity index is 0. The highest BCUT2D eigenvalue weighted by molar-refractivity contribution is 5.85. The predicted octanol–water partition coefficient (Wildman–Crippen LogP) is -0.501. The molecular formula is C5H14ClNO2. The lowest BCUT2D eigenvalue weighted by atomic mass is 10.0. The molecule has 0 heterocycles. The molecule has 9 heavy (non-hydrogen) atoms. The molecule has 0 fully saturated rings. The summed E-state index contributed by atoms with van der Waals surface area (Å²) < 4.78 is 0. The molecule has 0 amide bonds. The van der Waals surface area contributed by atoms with Gasteiger partial charge in [0.2, 0.25) is 0 Å². The Labute approximate surface area is 61.3 Å². The van der Waals surface area contributed by atoms with Gasteiger partial charge in [-0.2, -0.15) is 0 Å². The van der Waals surface area contributed by atoms with Gasteiger partial charge < -0.3 is 15.9 Å². The molecule has 0 aliphatic carbocycles. The minimum absolute atomic E-state index is 0. The summed E-state index contributed by atoms with van der Waals surface area (Å²) in [4.78, 5) is 0. The number of hydrogen-bond acceptors (Lipinski definition) is 3. The van der Waals surface area contributed by atoms with E-state index in [2.05, 4.69) is 0 Å². The number of hydrogen-bond donors (Lipinski definition) is 3. The summed E-state index contributed by atoms with van der Waals surface area (Å²) in [6, 6.07) is -0.539. The number of aliphatic hydroxyl groups is 2. The number of rotatable bonds is 2. The molecule has 0 aromatic rings. The number of aliphatic hydroxyl groups excluding tert-OH is 1. The van der Waals surface area contributed by atoms with Crippen molar-refractivity contribution in [2.75, 3.05) is 6.61 Å². The van der Waals surface area contributed by atoms with Crippen LogP contribution in [0.3, 0.4) is 0 Å². The van der Waals surface area contributed by atoms with E-state index in [-0.39, 0.29) is 19.0 Å². The zero-order valence-electron chi connectivity index (χ0n) is 5.66. The molecule has 1 unspecified atom stereocenters. The summed E-state index contributed by atoms with van der Waals surface area (Å²) in [6.45, 7) is 2.95. The van der Waals surface area contributed by atoms with Gasteiger partial charge in [-0.3, -0.25) is 0 Å². The maximum Gasteiger partial charge on any atom is 0.0764 e. The molecule has 0 saturated carbocycles. The van der Waals surface area contributed by atoms with Crippen LogP contribution >= 0.6 is 12.4 Å². The average Bonchev–Trinajstić information content (AvgIpc) is 1.62. The van der Waals surface area contributed by atoms with Crippen molar-refractivity contribution >= 4 is 12.4 Å². The zero-order chi connectivity index (χ0) is 6.78. The maximum absolute atomic E-state index is 9.00. The van der Waals surface area contributed by atoms with E-state index >= 15 is 0 Å². The molecule has 1 atom stereocenters. The van der Waals surface area contributed by atoms with Gasteiger partial charge in [0.1, 0.15) is 0 Å². The Hall–Kier alpha value is 0.170. The highest BCUT2D eigenvalue weighted by Gasteiger charge is 2.21. The van der Waals surface area contributed by atoms with Crippen molar-refractivity contribution in [3.63, 3.8) is 0 Å². The first-order chi connectivity index (χ1) is 3.48. The van der Waals surface area contributed by atoms with Gasteiger partial charge >= 0.3 is 0 Å². The largest absolute Gasteiger partial charge is 0.395 e. The molecule has 0 spiro atoms. The van der Waals surface area contributed by atoms with Crippen molar-refractivity contribution in [1.82, 2.24) is 0 Å². The van der Waals surface area contributed by atoms with E-state index in [4.69, 9.17) is 15.9 Å². The SMILES string of the molecule is CC(C)(O)C(N)CO.Cl. The van der Waals surface area contributed by atoms with Crippen LogP contribution in [0.2, 0.25) is 0 Å². The zero-order valence-corrected chi connectivity index (χ0v) is 6.48. The number of nitrogens with two attached hydrogens (primary N) is 1. The molecule has 4 N–H and O–H groups in total. The van der Waals surface area contributed by atoms with Gasteiger partial charge in [-0.15, -0.1) is 12.4 Å². The Morgan fingerprint density at radius 1 is 1.56 bits per heavy atom. The maximum atomic E-state index is 9.00. The third-order valence-corrected chi connectivity index (χ3v) is 1.10. The lowest BCUT2D eigenvalue weighted by molar-refractivity contribution is 0.0302. The molecular weight excluding hydrogens is 142 g/mol. The first-order valence-corrected chi connectivity index (χ1v) is 2.57. The Morgan fingerprint density at radius 2 is 1.89 bits per heavy atom. The molecule has 0 aromatic heterocycles.